The smallest absolute Gasteiger partial charge is 0.808 e. The Kier molecular flexibility index (Phi) is 46.2. The zero-order valence-electron chi connectivity index (χ0n) is 73.4. The molecule has 16 nitrogen and oxygen atoms in total. The van der Waals surface area contributed by atoms with Gasteiger partial charge in [0.05, 0.1) is 11.4 Å². The van der Waals surface area contributed by atoms with E-state index in [1.54, 1.807) is 69.5 Å². The quantitative estimate of drug-likeness (QED) is 0.0683. The van der Waals surface area contributed by atoms with Gasteiger partial charge in [-0.05, 0) is 112 Å². The molecule has 648 valence electrons. The largest absolute Gasteiger partial charge is 3.00 e. The number of rotatable bonds is 16. The Morgan fingerprint density at radius 1 is 0.289 bits per heavy atom. The summed E-state index contributed by atoms with van der Waals surface area (Å²) in [6.45, 7) is 15.3. The monoisotopic (exact) mass is 2390 g/mol. The average Bonchev–Trinajstić information content (AvgIpc) is 1.70. The summed E-state index contributed by atoms with van der Waals surface area (Å²) in [5.74, 6) is 0. The number of allylic oxidation sites excluding steroid dienone is 4. The van der Waals surface area contributed by atoms with Gasteiger partial charge in [0.1, 0.15) is 0 Å². The summed E-state index contributed by atoms with van der Waals surface area (Å²) < 4.78 is 11.0. The Morgan fingerprint density at radius 2 is 0.539 bits per heavy atom. The van der Waals surface area contributed by atoms with Crippen molar-refractivity contribution < 1.29 is 80.4 Å². The number of anilines is 2. The molecule has 6 heterocycles. The molecule has 18 rings (SSSR count). The van der Waals surface area contributed by atoms with E-state index in [1.807, 2.05) is 342 Å². The zero-order chi connectivity index (χ0) is 85.6. The van der Waals surface area contributed by atoms with Crippen molar-refractivity contribution in [3.05, 3.63) is 498 Å². The van der Waals surface area contributed by atoms with Crippen molar-refractivity contribution in [1.82, 2.24) is 58.7 Å². The van der Waals surface area contributed by atoms with Gasteiger partial charge in [0.2, 0.25) is 0 Å². The summed E-state index contributed by atoms with van der Waals surface area (Å²) in [6.07, 6.45) is 18.1. The van der Waals surface area contributed by atoms with Crippen LogP contribution in [0.5, 0.6) is 0 Å². The van der Waals surface area contributed by atoms with Crippen LogP contribution in [0.15, 0.2) is 401 Å². The van der Waals surface area contributed by atoms with Crippen LogP contribution < -0.4 is 9.80 Å². The van der Waals surface area contributed by atoms with Gasteiger partial charge in [-0.25, -0.2) is 0 Å². The molecule has 0 atom stereocenters. The third-order valence-corrected chi connectivity index (χ3v) is 18.5. The van der Waals surface area contributed by atoms with Crippen LogP contribution in [-0.2, 0) is 80.4 Å². The van der Waals surface area contributed by atoms with Gasteiger partial charge in [-0.15, -0.1) is 70.8 Å². The third kappa shape index (κ3) is 33.0. The molecule has 6 aromatic heterocycles. The van der Waals surface area contributed by atoms with E-state index in [4.69, 9.17) is 0 Å². The number of aromatic nitrogens is 12. The summed E-state index contributed by atoms with van der Waals surface area (Å²) in [5.41, 5.74) is 24.1. The predicted octanol–water partition coefficient (Wildman–Crippen LogP) is 24.5. The van der Waals surface area contributed by atoms with Gasteiger partial charge in [0.25, 0.3) is 0 Å². The minimum Gasteiger partial charge on any atom is -0.808 e. The van der Waals surface area contributed by atoms with Gasteiger partial charge in [-0.1, -0.05) is 181 Å². The Labute approximate surface area is 810 Å². The molecule has 0 spiro atoms. The second-order valence-corrected chi connectivity index (χ2v) is 27.8. The summed E-state index contributed by atoms with van der Waals surface area (Å²) in [5, 5.41) is 43.9. The Bertz CT molecular complexity index is 5710. The van der Waals surface area contributed by atoms with Crippen LogP contribution in [0.1, 0.15) is 50.5 Å². The van der Waals surface area contributed by atoms with E-state index in [1.165, 1.54) is 33.4 Å². The maximum absolute atomic E-state index is 9.31. The van der Waals surface area contributed by atoms with Crippen LogP contribution in [0.25, 0.3) is 89.5 Å². The molecule has 20 heteroatoms. The molecule has 0 amide bonds. The maximum atomic E-state index is 9.31. The van der Waals surface area contributed by atoms with Crippen LogP contribution in [0.4, 0.5) is 11.4 Å². The Hall–Kier alpha value is -13.1. The van der Waals surface area contributed by atoms with Gasteiger partial charge in [-0.3, -0.25) is 28.1 Å². The van der Waals surface area contributed by atoms with Crippen LogP contribution in [0, 0.1) is 91.1 Å². The molecular formula is C108H100Ir4N16. The fraction of sp³-hybridized carbons (Fsp3) is 0.0926. The molecule has 12 aromatic carbocycles. The fourth-order valence-corrected chi connectivity index (χ4v) is 12.3. The normalized spacial score (nSPS) is 10.0. The second-order valence-electron chi connectivity index (χ2n) is 27.8. The minimum absolute atomic E-state index is 0. The number of hydrogen-bond donors (Lipinski definition) is 0. The molecule has 0 saturated carbocycles. The molecule has 0 aliphatic carbocycles. The first-order chi connectivity index (χ1) is 59.5. The van der Waals surface area contributed by atoms with Crippen LogP contribution in [0.2, 0.25) is 0 Å². The van der Waals surface area contributed by atoms with Crippen LogP contribution >= 0.6 is 0 Å². The van der Waals surface area contributed by atoms with Gasteiger partial charge >= 0.3 is 80.4 Å². The van der Waals surface area contributed by atoms with E-state index < -0.39 is 0 Å². The maximum Gasteiger partial charge on any atom is 3.00 e. The number of hydrogen-bond acceptors (Lipinski definition) is 8. The van der Waals surface area contributed by atoms with Gasteiger partial charge in [-0.2, -0.15) is 212 Å². The Balaban J connectivity index is 0.000000260. The van der Waals surface area contributed by atoms with E-state index in [-0.39, 0.29) is 95.3 Å². The number of aryl methyl sites for hydroxylation is 4. The van der Waals surface area contributed by atoms with Crippen molar-refractivity contribution in [3.8, 4) is 78.6 Å². The van der Waals surface area contributed by atoms with Gasteiger partial charge in [0.15, 0.2) is 0 Å². The number of benzene rings is 12. The molecule has 0 aliphatic heterocycles. The van der Waals surface area contributed by atoms with E-state index in [2.05, 4.69) is 164 Å². The molecule has 0 aliphatic rings. The molecule has 128 heavy (non-hydrogen) atoms. The molecule has 0 N–H and O–H groups in total. The zero-order valence-corrected chi connectivity index (χ0v) is 83.0. The van der Waals surface area contributed by atoms with Crippen molar-refractivity contribution in [3.63, 3.8) is 0 Å². The second kappa shape index (κ2) is 56.1. The fourth-order valence-electron chi connectivity index (χ4n) is 12.3. The number of nitrogens with zero attached hydrogens (tertiary/aromatic N) is 16. The van der Waals surface area contributed by atoms with Crippen molar-refractivity contribution in [2.45, 2.75) is 55.4 Å². The van der Waals surface area contributed by atoms with E-state index >= 15 is 0 Å². The van der Waals surface area contributed by atoms with Gasteiger partial charge < -0.3 is 35.5 Å². The third-order valence-electron chi connectivity index (χ3n) is 18.5. The molecule has 0 bridgehead atoms. The van der Waals surface area contributed by atoms with Crippen LogP contribution in [-0.4, -0.2) is 84.2 Å². The summed E-state index contributed by atoms with van der Waals surface area (Å²) in [6, 6.07) is 134. The standard InChI is InChI=1S/2C18H18N2.2C15H11N2.2C11H11N2.2C9H7N2.2CH3.4Ir/c2*1-14(19)13-15(2)20(3)18-11-9-17(10-12-18)16-7-5-4-6-8-16;2*1-2-5-13(6-3-1)14-7-9-15(10-8-14)17-12-4-11-16-17;2*1-9-8-10(2)13(12-9)11-6-4-3-5-7-11;2*1-2-5-9(6-3-1)11-8-4-7-10-11;;;;;;/h2*4-11,13H,1-3H3;2*1-9,11-12H;2*3-6,8H,1-2H3;2*1-5,7-8H;2*1H3;;;;/q2*-2;8*-1;4*+3/b2*15-13-;;;;;;;;;;;;. The van der Waals surface area contributed by atoms with Crippen molar-refractivity contribution >= 4 is 22.8 Å². The topological polar surface area (TPSA) is 158 Å². The van der Waals surface area contributed by atoms with E-state index in [0.717, 1.165) is 90.8 Å². The van der Waals surface area contributed by atoms with Crippen LogP contribution in [0.3, 0.4) is 0 Å². The minimum atomic E-state index is 0. The molecule has 0 fully saturated rings. The first-order valence-corrected chi connectivity index (χ1v) is 39.6. The number of para-hydroxylation sites is 4. The summed E-state index contributed by atoms with van der Waals surface area (Å²) >= 11 is 0. The molecular weight excluding hydrogens is 2290 g/mol. The average molecular weight is 2390 g/mol. The van der Waals surface area contributed by atoms with Crippen molar-refractivity contribution in [2.75, 3.05) is 23.9 Å². The summed E-state index contributed by atoms with van der Waals surface area (Å²) in [4.78, 5) is 3.99. The van der Waals surface area contributed by atoms with E-state index in [9.17, 15) is 10.8 Å². The molecule has 0 radical (unpaired) electrons. The molecule has 18 aromatic rings. The van der Waals surface area contributed by atoms with E-state index in [0.29, 0.717) is 11.4 Å². The first-order valence-electron chi connectivity index (χ1n) is 39.6. The predicted molar refractivity (Wildman–Crippen MR) is 511 cm³/mol. The SMILES string of the molecule is CC(=[N-])/C=C(/C)N(C)c1[c-]cc(-c2ccccc2)cc1.CC(=[N-])/C=C(/C)N(C)c1[c-]cc(-c2ccccc2)cc1.Cc1cc(C)n(-c2[c-]cccc2)n1.Cc1cc(C)n(-c2[c-]cccc2)n1.[CH3-].[CH3-].[Ir+3].[Ir+3].[Ir+3].[Ir+3].[c-]1cc(-c2ccccc2)ccc1-n1cccn1.[c-]1cc(-c2ccccc2)ccc1-n1cccn1.[c-]1ccccc1-n1cccn1.[c-]1ccccc1-n1cccn1. The molecule has 0 saturated heterocycles. The van der Waals surface area contributed by atoms with Crippen molar-refractivity contribution in [1.29, 1.82) is 0 Å². The van der Waals surface area contributed by atoms with Crippen molar-refractivity contribution in [2.24, 2.45) is 0 Å². The summed E-state index contributed by atoms with van der Waals surface area (Å²) in [7, 11) is 3.92. The first kappa shape index (κ1) is 105. The van der Waals surface area contributed by atoms with Gasteiger partial charge in [0, 0.05) is 86.5 Å². The molecule has 0 unspecified atom stereocenters. The Morgan fingerprint density at radius 3 is 0.742 bits per heavy atom.